The molecule has 2 N–H and O–H groups in total. The number of aryl methyl sites for hydroxylation is 1. The molecule has 3 heteroatoms. The van der Waals surface area contributed by atoms with Crippen molar-refractivity contribution in [1.29, 1.82) is 0 Å². The molecule has 1 rings (SSSR count). The first-order valence-electron chi connectivity index (χ1n) is 5.01. The molecular weight excluding hydrogens is 192 g/mol. The van der Waals surface area contributed by atoms with Crippen molar-refractivity contribution >= 4 is 11.3 Å². The molecule has 80 valence electrons. The molecule has 0 spiro atoms. The highest BCUT2D eigenvalue weighted by Crippen LogP contribution is 2.28. The molecule has 0 aromatic carbocycles. The monoisotopic (exact) mass is 212 g/mol. The largest absolute Gasteiger partial charge is 0.323 e. The molecule has 0 aliphatic heterocycles. The third-order valence-electron chi connectivity index (χ3n) is 1.97. The second-order valence-electron chi connectivity index (χ2n) is 5.08. The second kappa shape index (κ2) is 3.99. The van der Waals surface area contributed by atoms with Crippen LogP contribution in [0.25, 0.3) is 0 Å². The lowest BCUT2D eigenvalue weighted by Gasteiger charge is -2.15. The van der Waals surface area contributed by atoms with Gasteiger partial charge in [-0.05, 0) is 19.3 Å². The van der Waals surface area contributed by atoms with Gasteiger partial charge < -0.3 is 5.73 Å². The summed E-state index contributed by atoms with van der Waals surface area (Å²) in [6, 6.07) is 0.112. The van der Waals surface area contributed by atoms with Crippen molar-refractivity contribution < 1.29 is 0 Å². The molecule has 1 aromatic heterocycles. The average Bonchev–Trinajstić information content (AvgIpc) is 2.26. The van der Waals surface area contributed by atoms with E-state index in [0.29, 0.717) is 5.41 Å². The van der Waals surface area contributed by atoms with Gasteiger partial charge in [-0.2, -0.15) is 0 Å². The van der Waals surface area contributed by atoms with E-state index in [9.17, 15) is 0 Å². The van der Waals surface area contributed by atoms with Crippen LogP contribution in [0.3, 0.4) is 0 Å². The Morgan fingerprint density at radius 2 is 2.00 bits per heavy atom. The van der Waals surface area contributed by atoms with E-state index in [1.807, 2.05) is 13.8 Å². The van der Waals surface area contributed by atoms with Crippen molar-refractivity contribution in [1.82, 2.24) is 4.98 Å². The molecule has 14 heavy (non-hydrogen) atoms. The summed E-state index contributed by atoms with van der Waals surface area (Å²) >= 11 is 1.76. The third-order valence-corrected chi connectivity index (χ3v) is 3.33. The molecule has 1 atom stereocenters. The molecular formula is C11H20N2S. The van der Waals surface area contributed by atoms with Crippen molar-refractivity contribution in [3.8, 4) is 0 Å². The number of thiazole rings is 1. The Morgan fingerprint density at radius 1 is 1.43 bits per heavy atom. The van der Waals surface area contributed by atoms with Crippen LogP contribution in [-0.4, -0.2) is 4.98 Å². The van der Waals surface area contributed by atoms with Gasteiger partial charge in [0.25, 0.3) is 0 Å². The zero-order valence-electron chi connectivity index (χ0n) is 9.72. The average molecular weight is 212 g/mol. The number of nitrogens with two attached hydrogens (primary N) is 1. The topological polar surface area (TPSA) is 38.9 Å². The van der Waals surface area contributed by atoms with Crippen LogP contribution < -0.4 is 5.73 Å². The molecule has 1 unspecified atom stereocenters. The van der Waals surface area contributed by atoms with Gasteiger partial charge in [-0.3, -0.25) is 0 Å². The molecule has 0 aliphatic carbocycles. The summed E-state index contributed by atoms with van der Waals surface area (Å²) < 4.78 is 0. The summed E-state index contributed by atoms with van der Waals surface area (Å²) in [5, 5.41) is 1.21. The lowest BCUT2D eigenvalue weighted by Crippen LogP contribution is -2.08. The van der Waals surface area contributed by atoms with E-state index in [2.05, 4.69) is 25.8 Å². The van der Waals surface area contributed by atoms with E-state index in [-0.39, 0.29) is 6.04 Å². The number of rotatable bonds is 2. The van der Waals surface area contributed by atoms with Crippen LogP contribution >= 0.6 is 11.3 Å². The first-order valence-corrected chi connectivity index (χ1v) is 5.83. The van der Waals surface area contributed by atoms with Gasteiger partial charge in [-0.1, -0.05) is 20.8 Å². The molecule has 1 heterocycles. The molecule has 2 nitrogen and oxygen atoms in total. The maximum absolute atomic E-state index is 5.86. The number of nitrogens with zero attached hydrogens (tertiary/aromatic N) is 1. The molecule has 0 bridgehead atoms. The van der Waals surface area contributed by atoms with E-state index in [1.54, 1.807) is 11.3 Å². The summed E-state index contributed by atoms with van der Waals surface area (Å²) in [6.45, 7) is 10.8. The normalized spacial score (nSPS) is 14.4. The fraction of sp³-hybridized carbons (Fsp3) is 0.727. The number of hydrogen-bond donors (Lipinski definition) is 1. The van der Waals surface area contributed by atoms with Gasteiger partial charge in [0.2, 0.25) is 0 Å². The van der Waals surface area contributed by atoms with Crippen molar-refractivity contribution in [2.45, 2.75) is 47.1 Å². The zero-order chi connectivity index (χ0) is 10.9. The SMILES string of the molecule is Cc1nc(CC(C)(C)C)sc1C(C)N. The smallest absolute Gasteiger partial charge is 0.0936 e. The van der Waals surface area contributed by atoms with Gasteiger partial charge >= 0.3 is 0 Å². The van der Waals surface area contributed by atoms with E-state index < -0.39 is 0 Å². The molecule has 0 saturated heterocycles. The Labute approximate surface area is 90.6 Å². The van der Waals surface area contributed by atoms with Gasteiger partial charge in [0, 0.05) is 17.3 Å². The summed E-state index contributed by atoms with van der Waals surface area (Å²) in [4.78, 5) is 5.78. The van der Waals surface area contributed by atoms with E-state index in [1.165, 1.54) is 9.88 Å². The summed E-state index contributed by atoms with van der Waals surface area (Å²) in [5.41, 5.74) is 7.27. The predicted octanol–water partition coefficient (Wildman–Crippen LogP) is 3.06. The minimum absolute atomic E-state index is 0.112. The third kappa shape index (κ3) is 3.07. The standard InChI is InChI=1S/C11H20N2S/c1-7(12)10-8(2)13-9(14-10)6-11(3,4)5/h7H,6,12H2,1-5H3. The highest BCUT2D eigenvalue weighted by Gasteiger charge is 2.17. The molecule has 0 amide bonds. The quantitative estimate of drug-likeness (QED) is 0.818. The van der Waals surface area contributed by atoms with Gasteiger partial charge in [0.15, 0.2) is 0 Å². The van der Waals surface area contributed by atoms with Crippen LogP contribution in [-0.2, 0) is 6.42 Å². The van der Waals surface area contributed by atoms with Gasteiger partial charge in [-0.15, -0.1) is 11.3 Å². The number of hydrogen-bond acceptors (Lipinski definition) is 3. The molecule has 0 fully saturated rings. The fourth-order valence-electron chi connectivity index (χ4n) is 1.42. The summed E-state index contributed by atoms with van der Waals surface area (Å²) in [5.74, 6) is 0. The van der Waals surface area contributed by atoms with Crippen LogP contribution in [0.4, 0.5) is 0 Å². The Balaban J connectivity index is 2.86. The molecule has 0 radical (unpaired) electrons. The zero-order valence-corrected chi connectivity index (χ0v) is 10.5. The Bertz CT molecular complexity index is 308. The Morgan fingerprint density at radius 3 is 2.36 bits per heavy atom. The fourth-order valence-corrected chi connectivity index (χ4v) is 2.74. The van der Waals surface area contributed by atoms with Gasteiger partial charge in [0.1, 0.15) is 0 Å². The first-order chi connectivity index (χ1) is 6.29. The van der Waals surface area contributed by atoms with Crippen molar-refractivity contribution in [2.75, 3.05) is 0 Å². The Hall–Kier alpha value is -0.410. The second-order valence-corrected chi connectivity index (χ2v) is 6.20. The van der Waals surface area contributed by atoms with Crippen molar-refractivity contribution in [2.24, 2.45) is 11.1 Å². The van der Waals surface area contributed by atoms with Crippen molar-refractivity contribution in [3.63, 3.8) is 0 Å². The Kier molecular flexibility index (Phi) is 3.32. The maximum Gasteiger partial charge on any atom is 0.0936 e. The van der Waals surface area contributed by atoms with Crippen LogP contribution in [0.15, 0.2) is 0 Å². The van der Waals surface area contributed by atoms with Crippen LogP contribution in [0.1, 0.15) is 49.3 Å². The molecule has 0 saturated carbocycles. The lowest BCUT2D eigenvalue weighted by molar-refractivity contribution is 0.410. The molecule has 0 aliphatic rings. The highest BCUT2D eigenvalue weighted by atomic mass is 32.1. The molecule has 1 aromatic rings. The van der Waals surface area contributed by atoms with Crippen LogP contribution in [0, 0.1) is 12.3 Å². The van der Waals surface area contributed by atoms with E-state index >= 15 is 0 Å². The van der Waals surface area contributed by atoms with Crippen molar-refractivity contribution in [3.05, 3.63) is 15.6 Å². The summed E-state index contributed by atoms with van der Waals surface area (Å²) in [7, 11) is 0. The van der Waals surface area contributed by atoms with E-state index in [4.69, 9.17) is 5.73 Å². The highest BCUT2D eigenvalue weighted by molar-refractivity contribution is 7.11. The van der Waals surface area contributed by atoms with E-state index in [0.717, 1.165) is 12.1 Å². The minimum atomic E-state index is 0.112. The number of aromatic nitrogens is 1. The van der Waals surface area contributed by atoms with Crippen LogP contribution in [0.2, 0.25) is 0 Å². The van der Waals surface area contributed by atoms with Gasteiger partial charge in [0.05, 0.1) is 10.7 Å². The minimum Gasteiger partial charge on any atom is -0.323 e. The first kappa shape index (κ1) is 11.7. The van der Waals surface area contributed by atoms with Gasteiger partial charge in [-0.25, -0.2) is 4.98 Å². The lowest BCUT2D eigenvalue weighted by atomic mass is 9.93. The predicted molar refractivity (Wildman–Crippen MR) is 62.6 cm³/mol. The van der Waals surface area contributed by atoms with Crippen LogP contribution in [0.5, 0.6) is 0 Å². The summed E-state index contributed by atoms with van der Waals surface area (Å²) in [6.07, 6.45) is 1.03. The maximum atomic E-state index is 5.86.